The van der Waals surface area contributed by atoms with Gasteiger partial charge in [0, 0.05) is 13.1 Å². The molecule has 0 atom stereocenters. The van der Waals surface area contributed by atoms with Crippen LogP contribution in [0.3, 0.4) is 0 Å². The van der Waals surface area contributed by atoms with E-state index in [0.29, 0.717) is 23.8 Å². The Morgan fingerprint density at radius 3 is 2.48 bits per heavy atom. The van der Waals surface area contributed by atoms with E-state index in [9.17, 15) is 9.90 Å². The molecular weight excluding hydrogens is 288 g/mol. The van der Waals surface area contributed by atoms with Gasteiger partial charge in [-0.15, -0.1) is 0 Å². The Bertz CT molecular complexity index is 614. The van der Waals surface area contributed by atoms with E-state index in [4.69, 9.17) is 11.6 Å². The average Bonchev–Trinajstić information content (AvgIpc) is 2.49. The van der Waals surface area contributed by atoms with Crippen molar-refractivity contribution in [1.82, 2.24) is 4.90 Å². The van der Waals surface area contributed by atoms with Crippen LogP contribution in [0.5, 0.6) is 5.75 Å². The van der Waals surface area contributed by atoms with Gasteiger partial charge < -0.3 is 15.3 Å². The predicted molar refractivity (Wildman–Crippen MR) is 84.7 cm³/mol. The molecule has 0 bridgehead atoms. The molecular formula is C16H17ClN2O2. The fraction of sp³-hybridized carbons (Fsp3) is 0.188. The first-order valence-electron chi connectivity index (χ1n) is 6.68. The number of anilines is 1. The maximum atomic E-state index is 12.3. The molecule has 0 radical (unpaired) electrons. The number of hydrogen-bond acceptors (Lipinski definition) is 2. The molecule has 0 spiro atoms. The topological polar surface area (TPSA) is 52.6 Å². The van der Waals surface area contributed by atoms with E-state index in [0.717, 1.165) is 5.56 Å². The lowest BCUT2D eigenvalue weighted by molar-refractivity contribution is 0.212. The molecule has 2 amide bonds. The largest absolute Gasteiger partial charge is 0.508 e. The Morgan fingerprint density at radius 1 is 1.19 bits per heavy atom. The molecule has 0 saturated heterocycles. The van der Waals surface area contributed by atoms with Gasteiger partial charge in [-0.25, -0.2) is 4.79 Å². The second-order valence-corrected chi connectivity index (χ2v) is 5.00. The zero-order valence-electron chi connectivity index (χ0n) is 11.7. The van der Waals surface area contributed by atoms with Crippen molar-refractivity contribution in [1.29, 1.82) is 0 Å². The summed E-state index contributed by atoms with van der Waals surface area (Å²) in [6, 6.07) is 13.7. The fourth-order valence-corrected chi connectivity index (χ4v) is 2.09. The quantitative estimate of drug-likeness (QED) is 0.893. The number of aromatic hydroxyl groups is 1. The highest BCUT2D eigenvalue weighted by atomic mass is 35.5. The second kappa shape index (κ2) is 6.99. The summed E-state index contributed by atoms with van der Waals surface area (Å²) in [6.45, 7) is 2.94. The third kappa shape index (κ3) is 4.13. The van der Waals surface area contributed by atoms with Crippen molar-refractivity contribution in [3.8, 4) is 5.75 Å². The number of para-hydroxylation sites is 1. The molecule has 2 rings (SSSR count). The van der Waals surface area contributed by atoms with Crippen LogP contribution in [-0.2, 0) is 6.54 Å². The number of hydrogen-bond donors (Lipinski definition) is 2. The van der Waals surface area contributed by atoms with Crippen LogP contribution in [0.25, 0.3) is 0 Å². The molecule has 0 unspecified atom stereocenters. The minimum atomic E-state index is -0.210. The zero-order valence-corrected chi connectivity index (χ0v) is 12.5. The number of phenols is 1. The molecule has 0 fully saturated rings. The molecule has 2 N–H and O–H groups in total. The SMILES string of the molecule is CCN(Cc1ccc(O)cc1)C(=O)Nc1ccccc1Cl. The first kappa shape index (κ1) is 15.2. The molecule has 0 saturated carbocycles. The van der Waals surface area contributed by atoms with E-state index in [-0.39, 0.29) is 11.8 Å². The summed E-state index contributed by atoms with van der Waals surface area (Å²) in [5.41, 5.74) is 1.54. The lowest BCUT2D eigenvalue weighted by Gasteiger charge is -2.22. The van der Waals surface area contributed by atoms with Gasteiger partial charge in [-0.2, -0.15) is 0 Å². The third-order valence-corrected chi connectivity index (χ3v) is 3.42. The van der Waals surface area contributed by atoms with Crippen LogP contribution in [0, 0.1) is 0 Å². The highest BCUT2D eigenvalue weighted by molar-refractivity contribution is 6.33. The Balaban J connectivity index is 2.05. The van der Waals surface area contributed by atoms with Gasteiger partial charge in [0.2, 0.25) is 0 Å². The van der Waals surface area contributed by atoms with Crippen molar-refractivity contribution in [2.45, 2.75) is 13.5 Å². The Kier molecular flexibility index (Phi) is 5.06. The molecule has 110 valence electrons. The number of halogens is 1. The number of nitrogens with one attached hydrogen (secondary N) is 1. The minimum Gasteiger partial charge on any atom is -0.508 e. The summed E-state index contributed by atoms with van der Waals surface area (Å²) in [4.78, 5) is 13.9. The summed E-state index contributed by atoms with van der Waals surface area (Å²) >= 11 is 6.03. The van der Waals surface area contributed by atoms with Gasteiger partial charge >= 0.3 is 6.03 Å². The van der Waals surface area contributed by atoms with Crippen LogP contribution >= 0.6 is 11.6 Å². The molecule has 0 aromatic heterocycles. The van der Waals surface area contributed by atoms with E-state index in [1.165, 1.54) is 0 Å². The van der Waals surface area contributed by atoms with Crippen LogP contribution in [0.15, 0.2) is 48.5 Å². The Hall–Kier alpha value is -2.20. The fourth-order valence-electron chi connectivity index (χ4n) is 1.91. The maximum absolute atomic E-state index is 12.3. The maximum Gasteiger partial charge on any atom is 0.322 e. The molecule has 0 aliphatic rings. The summed E-state index contributed by atoms with van der Waals surface area (Å²) in [5.74, 6) is 0.210. The molecule has 0 aliphatic heterocycles. The van der Waals surface area contributed by atoms with Crippen molar-refractivity contribution in [2.75, 3.05) is 11.9 Å². The Labute approximate surface area is 129 Å². The lowest BCUT2D eigenvalue weighted by Crippen LogP contribution is -2.34. The van der Waals surface area contributed by atoms with Gasteiger partial charge in [-0.1, -0.05) is 35.9 Å². The summed E-state index contributed by atoms with van der Waals surface area (Å²) in [7, 11) is 0. The zero-order chi connectivity index (χ0) is 15.2. The number of nitrogens with zero attached hydrogens (tertiary/aromatic N) is 1. The van der Waals surface area contributed by atoms with Gasteiger partial charge in [0.15, 0.2) is 0 Å². The van der Waals surface area contributed by atoms with Crippen molar-refractivity contribution in [3.05, 3.63) is 59.1 Å². The van der Waals surface area contributed by atoms with Crippen molar-refractivity contribution in [3.63, 3.8) is 0 Å². The number of urea groups is 1. The number of phenolic OH excluding ortho intramolecular Hbond substituents is 1. The summed E-state index contributed by atoms with van der Waals surface area (Å²) < 4.78 is 0. The number of rotatable bonds is 4. The van der Waals surface area contributed by atoms with Crippen molar-refractivity contribution >= 4 is 23.3 Å². The van der Waals surface area contributed by atoms with Gasteiger partial charge in [0.25, 0.3) is 0 Å². The van der Waals surface area contributed by atoms with Gasteiger partial charge in [0.1, 0.15) is 5.75 Å². The van der Waals surface area contributed by atoms with E-state index >= 15 is 0 Å². The second-order valence-electron chi connectivity index (χ2n) is 4.59. The normalized spacial score (nSPS) is 10.2. The van der Waals surface area contributed by atoms with E-state index < -0.39 is 0 Å². The molecule has 4 nitrogen and oxygen atoms in total. The number of carbonyl (C=O) groups excluding carboxylic acids is 1. The van der Waals surface area contributed by atoms with Crippen LogP contribution < -0.4 is 5.32 Å². The standard InChI is InChI=1S/C16H17ClN2O2/c1-2-19(11-12-7-9-13(20)10-8-12)16(21)18-15-6-4-3-5-14(15)17/h3-10,20H,2,11H2,1H3,(H,18,21). The van der Waals surface area contributed by atoms with Crippen LogP contribution in [0.2, 0.25) is 5.02 Å². The monoisotopic (exact) mass is 304 g/mol. The highest BCUT2D eigenvalue weighted by Gasteiger charge is 2.13. The van der Waals surface area contributed by atoms with Crippen molar-refractivity contribution in [2.24, 2.45) is 0 Å². The van der Waals surface area contributed by atoms with Gasteiger partial charge in [0.05, 0.1) is 10.7 Å². The lowest BCUT2D eigenvalue weighted by atomic mass is 10.2. The molecule has 0 heterocycles. The summed E-state index contributed by atoms with van der Waals surface area (Å²) in [5, 5.41) is 12.6. The van der Waals surface area contributed by atoms with Crippen LogP contribution in [0.1, 0.15) is 12.5 Å². The number of benzene rings is 2. The molecule has 2 aromatic rings. The van der Waals surface area contributed by atoms with Crippen LogP contribution in [0.4, 0.5) is 10.5 Å². The molecule has 2 aromatic carbocycles. The van der Waals surface area contributed by atoms with E-state index in [1.54, 1.807) is 41.3 Å². The van der Waals surface area contributed by atoms with Gasteiger partial charge in [-0.05, 0) is 36.8 Å². The highest BCUT2D eigenvalue weighted by Crippen LogP contribution is 2.21. The van der Waals surface area contributed by atoms with E-state index in [2.05, 4.69) is 5.32 Å². The van der Waals surface area contributed by atoms with Gasteiger partial charge in [-0.3, -0.25) is 0 Å². The molecule has 5 heteroatoms. The minimum absolute atomic E-state index is 0.210. The summed E-state index contributed by atoms with van der Waals surface area (Å²) in [6.07, 6.45) is 0. The first-order chi connectivity index (χ1) is 10.1. The average molecular weight is 305 g/mol. The number of carbonyl (C=O) groups is 1. The smallest absolute Gasteiger partial charge is 0.322 e. The molecule has 21 heavy (non-hydrogen) atoms. The van der Waals surface area contributed by atoms with Crippen LogP contribution in [-0.4, -0.2) is 22.6 Å². The van der Waals surface area contributed by atoms with E-state index in [1.807, 2.05) is 19.1 Å². The third-order valence-electron chi connectivity index (χ3n) is 3.09. The Morgan fingerprint density at radius 2 is 1.86 bits per heavy atom. The van der Waals surface area contributed by atoms with Crippen molar-refractivity contribution < 1.29 is 9.90 Å². The first-order valence-corrected chi connectivity index (χ1v) is 7.06. The predicted octanol–water partition coefficient (Wildman–Crippen LogP) is 4.10. The number of amides is 2. The molecule has 0 aliphatic carbocycles.